The van der Waals surface area contributed by atoms with Crippen molar-refractivity contribution in [1.82, 2.24) is 0 Å². The molecule has 0 saturated carbocycles. The second kappa shape index (κ2) is 8.88. The van der Waals surface area contributed by atoms with Crippen molar-refractivity contribution in [3.63, 3.8) is 0 Å². The van der Waals surface area contributed by atoms with Gasteiger partial charge in [-0.15, -0.1) is 0 Å². The van der Waals surface area contributed by atoms with Crippen LogP contribution in [0.3, 0.4) is 0 Å². The van der Waals surface area contributed by atoms with E-state index in [0.29, 0.717) is 11.4 Å². The standard InChI is InChI=1S/C20H24N2O5S/c1-13-11-14(2)20(15(3)12-13)22-28(26,27)17-9-7-16(8-10-17)21-18(23)5-4-6-19(24)25/h7-12,22H,4-6H2,1-3H3,(H,21,23)(H,24,25). The topological polar surface area (TPSA) is 113 Å². The SMILES string of the molecule is Cc1cc(C)c(NS(=O)(=O)c2ccc(NC(=O)CCCC(=O)O)cc2)c(C)c1. The maximum Gasteiger partial charge on any atom is 0.303 e. The number of nitrogens with one attached hydrogen (secondary N) is 2. The van der Waals surface area contributed by atoms with Gasteiger partial charge in [-0.25, -0.2) is 8.42 Å². The number of carbonyl (C=O) groups excluding carboxylic acids is 1. The number of rotatable bonds is 8. The normalized spacial score (nSPS) is 11.1. The smallest absolute Gasteiger partial charge is 0.303 e. The van der Waals surface area contributed by atoms with E-state index in [2.05, 4.69) is 10.0 Å². The Morgan fingerprint density at radius 3 is 2.07 bits per heavy atom. The van der Waals surface area contributed by atoms with Gasteiger partial charge < -0.3 is 10.4 Å². The summed E-state index contributed by atoms with van der Waals surface area (Å²) < 4.78 is 28.0. The summed E-state index contributed by atoms with van der Waals surface area (Å²) in [5.41, 5.74) is 3.74. The van der Waals surface area contributed by atoms with Gasteiger partial charge in [-0.3, -0.25) is 14.3 Å². The van der Waals surface area contributed by atoms with E-state index in [1.807, 2.05) is 32.9 Å². The molecule has 3 N–H and O–H groups in total. The quantitative estimate of drug-likeness (QED) is 0.622. The van der Waals surface area contributed by atoms with E-state index >= 15 is 0 Å². The molecular formula is C20H24N2O5S. The van der Waals surface area contributed by atoms with Crippen LogP contribution < -0.4 is 10.0 Å². The minimum Gasteiger partial charge on any atom is -0.481 e. The lowest BCUT2D eigenvalue weighted by atomic mass is 10.1. The summed E-state index contributed by atoms with van der Waals surface area (Å²) in [7, 11) is -3.77. The predicted octanol–water partition coefficient (Wildman–Crippen LogP) is 3.61. The molecule has 2 aromatic rings. The molecule has 0 radical (unpaired) electrons. The highest BCUT2D eigenvalue weighted by atomic mass is 32.2. The molecule has 0 aliphatic rings. The fourth-order valence-electron chi connectivity index (χ4n) is 2.88. The van der Waals surface area contributed by atoms with Crippen LogP contribution in [0.5, 0.6) is 0 Å². The van der Waals surface area contributed by atoms with Crippen molar-refractivity contribution in [2.45, 2.75) is 44.9 Å². The molecule has 150 valence electrons. The third-order valence-electron chi connectivity index (χ3n) is 4.16. The Balaban J connectivity index is 2.08. The van der Waals surface area contributed by atoms with Crippen molar-refractivity contribution in [1.29, 1.82) is 0 Å². The van der Waals surface area contributed by atoms with Gasteiger partial charge in [-0.2, -0.15) is 0 Å². The van der Waals surface area contributed by atoms with Crippen LogP contribution in [0.2, 0.25) is 0 Å². The summed E-state index contributed by atoms with van der Waals surface area (Å²) in [6.45, 7) is 5.65. The van der Waals surface area contributed by atoms with Crippen molar-refractivity contribution >= 4 is 33.3 Å². The van der Waals surface area contributed by atoms with Crippen molar-refractivity contribution < 1.29 is 23.1 Å². The Bertz CT molecular complexity index is 959. The highest BCUT2D eigenvalue weighted by molar-refractivity contribution is 7.92. The molecule has 0 aromatic heterocycles. The average molecular weight is 404 g/mol. The van der Waals surface area contributed by atoms with Crippen molar-refractivity contribution in [3.05, 3.63) is 53.1 Å². The third kappa shape index (κ3) is 5.82. The molecule has 0 bridgehead atoms. The fourth-order valence-corrected chi connectivity index (χ4v) is 4.08. The van der Waals surface area contributed by atoms with Gasteiger partial charge in [0.1, 0.15) is 0 Å². The van der Waals surface area contributed by atoms with Gasteiger partial charge in [0.2, 0.25) is 5.91 Å². The lowest BCUT2D eigenvalue weighted by Gasteiger charge is -2.14. The third-order valence-corrected chi connectivity index (χ3v) is 5.52. The van der Waals surface area contributed by atoms with Crippen LogP contribution in [0.1, 0.15) is 36.0 Å². The number of aliphatic carboxylic acids is 1. The molecular weight excluding hydrogens is 380 g/mol. The van der Waals surface area contributed by atoms with E-state index in [4.69, 9.17) is 5.11 Å². The van der Waals surface area contributed by atoms with Crippen LogP contribution >= 0.6 is 0 Å². The molecule has 0 fully saturated rings. The van der Waals surface area contributed by atoms with Crippen molar-refractivity contribution in [2.24, 2.45) is 0 Å². The maximum absolute atomic E-state index is 12.7. The zero-order valence-corrected chi connectivity index (χ0v) is 16.9. The molecule has 2 aromatic carbocycles. The first-order chi connectivity index (χ1) is 13.1. The minimum absolute atomic E-state index is 0.0753. The number of anilines is 2. The van der Waals surface area contributed by atoms with Gasteiger partial charge in [0, 0.05) is 18.5 Å². The first-order valence-electron chi connectivity index (χ1n) is 8.81. The number of carbonyl (C=O) groups is 2. The van der Waals surface area contributed by atoms with E-state index in [9.17, 15) is 18.0 Å². The van der Waals surface area contributed by atoms with Crippen LogP contribution in [0.25, 0.3) is 0 Å². The second-order valence-corrected chi connectivity index (χ2v) is 8.38. The summed E-state index contributed by atoms with van der Waals surface area (Å²) in [6, 6.07) is 9.64. The number of sulfonamides is 1. The van der Waals surface area contributed by atoms with E-state index in [1.165, 1.54) is 24.3 Å². The lowest BCUT2D eigenvalue weighted by Crippen LogP contribution is -2.15. The number of hydrogen-bond donors (Lipinski definition) is 3. The number of benzene rings is 2. The van der Waals surface area contributed by atoms with Crippen LogP contribution in [0.15, 0.2) is 41.3 Å². The largest absolute Gasteiger partial charge is 0.481 e. The van der Waals surface area contributed by atoms with Gasteiger partial charge in [-0.1, -0.05) is 17.7 Å². The Hall–Kier alpha value is -2.87. The van der Waals surface area contributed by atoms with Crippen LogP contribution in [0, 0.1) is 20.8 Å². The number of carboxylic acids is 1. The lowest BCUT2D eigenvalue weighted by molar-refractivity contribution is -0.137. The van der Waals surface area contributed by atoms with Gasteiger partial charge in [0.05, 0.1) is 10.6 Å². The average Bonchev–Trinajstić information content (AvgIpc) is 2.58. The zero-order valence-electron chi connectivity index (χ0n) is 16.1. The van der Waals surface area contributed by atoms with Crippen LogP contribution in [-0.2, 0) is 19.6 Å². The molecule has 0 aliphatic heterocycles. The Morgan fingerprint density at radius 1 is 0.964 bits per heavy atom. The Labute approximate surface area is 164 Å². The van der Waals surface area contributed by atoms with Gasteiger partial charge >= 0.3 is 5.97 Å². The fraction of sp³-hybridized carbons (Fsp3) is 0.300. The van der Waals surface area contributed by atoms with E-state index in [0.717, 1.165) is 16.7 Å². The van der Waals surface area contributed by atoms with E-state index in [1.54, 1.807) is 0 Å². The molecule has 8 heteroatoms. The number of amides is 1. The van der Waals surface area contributed by atoms with Crippen molar-refractivity contribution in [2.75, 3.05) is 10.0 Å². The molecule has 7 nitrogen and oxygen atoms in total. The summed E-state index contributed by atoms with van der Waals surface area (Å²) >= 11 is 0. The monoisotopic (exact) mass is 404 g/mol. The maximum atomic E-state index is 12.7. The highest BCUT2D eigenvalue weighted by Crippen LogP contribution is 2.25. The zero-order chi connectivity index (χ0) is 20.9. The Kier molecular flexibility index (Phi) is 6.80. The highest BCUT2D eigenvalue weighted by Gasteiger charge is 2.17. The Morgan fingerprint density at radius 2 is 1.54 bits per heavy atom. The molecule has 0 unspecified atom stereocenters. The molecule has 1 amide bonds. The first-order valence-corrected chi connectivity index (χ1v) is 10.3. The van der Waals surface area contributed by atoms with E-state index in [-0.39, 0.29) is 30.1 Å². The van der Waals surface area contributed by atoms with Gasteiger partial charge in [0.15, 0.2) is 0 Å². The summed E-state index contributed by atoms with van der Waals surface area (Å²) in [5.74, 6) is -1.27. The van der Waals surface area contributed by atoms with E-state index < -0.39 is 16.0 Å². The first kappa shape index (κ1) is 21.4. The number of hydrogen-bond acceptors (Lipinski definition) is 4. The molecule has 0 spiro atoms. The molecule has 0 atom stereocenters. The van der Waals surface area contributed by atoms with Crippen LogP contribution in [0.4, 0.5) is 11.4 Å². The number of carboxylic acid groups (broad SMARTS) is 1. The number of aryl methyl sites for hydroxylation is 3. The minimum atomic E-state index is -3.77. The summed E-state index contributed by atoms with van der Waals surface area (Å²) in [6.07, 6.45) is 0.251. The summed E-state index contributed by atoms with van der Waals surface area (Å²) in [5, 5.41) is 11.2. The summed E-state index contributed by atoms with van der Waals surface area (Å²) in [4.78, 5) is 22.3. The molecule has 28 heavy (non-hydrogen) atoms. The second-order valence-electron chi connectivity index (χ2n) is 6.70. The van der Waals surface area contributed by atoms with Gasteiger partial charge in [-0.05, 0) is 62.6 Å². The van der Waals surface area contributed by atoms with Crippen molar-refractivity contribution in [3.8, 4) is 0 Å². The molecule has 0 saturated heterocycles. The molecule has 2 rings (SSSR count). The van der Waals surface area contributed by atoms with Gasteiger partial charge in [0.25, 0.3) is 10.0 Å². The molecule has 0 aliphatic carbocycles. The molecule has 0 heterocycles. The van der Waals surface area contributed by atoms with Crippen LogP contribution in [-0.4, -0.2) is 25.4 Å². The predicted molar refractivity (Wildman–Crippen MR) is 108 cm³/mol.